The molecule has 1 unspecified atom stereocenters. The third-order valence-electron chi connectivity index (χ3n) is 7.00. The van der Waals surface area contributed by atoms with Gasteiger partial charge < -0.3 is 20.5 Å². The second-order valence-electron chi connectivity index (χ2n) is 10.2. The van der Waals surface area contributed by atoms with Crippen LogP contribution in [0.4, 0.5) is 4.79 Å². The van der Waals surface area contributed by atoms with Crippen LogP contribution in [0.15, 0.2) is 48.5 Å². The maximum atomic E-state index is 12.6. The van der Waals surface area contributed by atoms with Crippen molar-refractivity contribution in [2.45, 2.75) is 63.5 Å². The van der Waals surface area contributed by atoms with Crippen molar-refractivity contribution in [1.29, 1.82) is 0 Å². The van der Waals surface area contributed by atoms with Gasteiger partial charge in [0.05, 0.1) is 0 Å². The van der Waals surface area contributed by atoms with Crippen LogP contribution in [-0.2, 0) is 14.3 Å². The van der Waals surface area contributed by atoms with Crippen molar-refractivity contribution in [1.82, 2.24) is 10.6 Å². The molecule has 0 aliphatic heterocycles. The number of carboxylic acid groups (broad SMARTS) is 1. The molecule has 7 nitrogen and oxygen atoms in total. The van der Waals surface area contributed by atoms with Gasteiger partial charge in [-0.3, -0.25) is 4.79 Å². The average molecular weight is 465 g/mol. The van der Waals surface area contributed by atoms with E-state index in [4.69, 9.17) is 4.74 Å². The first-order valence-corrected chi connectivity index (χ1v) is 11.8. The van der Waals surface area contributed by atoms with Crippen LogP contribution in [-0.4, -0.2) is 40.8 Å². The molecule has 7 heteroatoms. The maximum absolute atomic E-state index is 12.6. The van der Waals surface area contributed by atoms with E-state index >= 15 is 0 Å². The summed E-state index contributed by atoms with van der Waals surface area (Å²) in [6.45, 7) is 5.41. The second-order valence-corrected chi connectivity index (χ2v) is 10.2. The fourth-order valence-electron chi connectivity index (χ4n) is 4.74. The SMILES string of the molecule is CC(C)(CCC(=O)NC(C)(C(=O)O)C1CC1)NC(=O)OCC1c2ccccc2-c2ccccc21. The summed E-state index contributed by atoms with van der Waals surface area (Å²) >= 11 is 0. The number of fused-ring (bicyclic) bond motifs is 3. The highest BCUT2D eigenvalue weighted by Gasteiger charge is 2.48. The summed E-state index contributed by atoms with van der Waals surface area (Å²) in [6.07, 6.45) is 1.52. The number of hydrogen-bond acceptors (Lipinski definition) is 4. The number of nitrogens with one attached hydrogen (secondary N) is 2. The number of carboxylic acids is 1. The first-order chi connectivity index (χ1) is 16.1. The smallest absolute Gasteiger partial charge is 0.407 e. The average Bonchev–Trinajstić information content (AvgIpc) is 3.60. The van der Waals surface area contributed by atoms with Crippen LogP contribution in [0.5, 0.6) is 0 Å². The quantitative estimate of drug-likeness (QED) is 0.508. The predicted molar refractivity (Wildman–Crippen MR) is 128 cm³/mol. The van der Waals surface area contributed by atoms with Gasteiger partial charge in [-0.15, -0.1) is 0 Å². The minimum Gasteiger partial charge on any atom is -0.480 e. The first kappa shape index (κ1) is 23.8. The topological polar surface area (TPSA) is 105 Å². The van der Waals surface area contributed by atoms with Gasteiger partial charge in [0, 0.05) is 17.9 Å². The van der Waals surface area contributed by atoms with Crippen LogP contribution in [0.3, 0.4) is 0 Å². The molecule has 34 heavy (non-hydrogen) atoms. The molecule has 2 aliphatic carbocycles. The number of carbonyl (C=O) groups is 3. The third kappa shape index (κ3) is 4.93. The number of amides is 2. The van der Waals surface area contributed by atoms with Gasteiger partial charge in [0.25, 0.3) is 0 Å². The summed E-state index contributed by atoms with van der Waals surface area (Å²) in [5, 5.41) is 15.0. The highest BCUT2D eigenvalue weighted by molar-refractivity contribution is 5.87. The Hall–Kier alpha value is -3.35. The lowest BCUT2D eigenvalue weighted by Crippen LogP contribution is -2.54. The molecule has 1 atom stereocenters. The molecule has 2 aliphatic rings. The van der Waals surface area contributed by atoms with Crippen molar-refractivity contribution < 1.29 is 24.2 Å². The summed E-state index contributed by atoms with van der Waals surface area (Å²) in [7, 11) is 0. The molecule has 0 spiro atoms. The summed E-state index contributed by atoms with van der Waals surface area (Å²) in [5.74, 6) is -1.40. The molecule has 0 heterocycles. The van der Waals surface area contributed by atoms with E-state index in [0.717, 1.165) is 35.1 Å². The zero-order valence-electron chi connectivity index (χ0n) is 19.9. The summed E-state index contributed by atoms with van der Waals surface area (Å²) in [4.78, 5) is 36.7. The number of rotatable bonds is 9. The first-order valence-electron chi connectivity index (χ1n) is 11.8. The predicted octanol–water partition coefficient (Wildman–Crippen LogP) is 4.45. The highest BCUT2D eigenvalue weighted by Crippen LogP contribution is 2.44. The van der Waals surface area contributed by atoms with Gasteiger partial charge in [-0.25, -0.2) is 9.59 Å². The molecule has 0 radical (unpaired) electrons. The minimum absolute atomic E-state index is 0.0249. The van der Waals surface area contributed by atoms with Gasteiger partial charge in [0.15, 0.2) is 0 Å². The Bertz CT molecular complexity index is 1060. The molecule has 1 saturated carbocycles. The van der Waals surface area contributed by atoms with Crippen LogP contribution in [0.2, 0.25) is 0 Å². The van der Waals surface area contributed by atoms with Crippen molar-refractivity contribution in [2.24, 2.45) is 5.92 Å². The standard InChI is InChI=1S/C27H32N2O5/c1-26(2,15-14-23(30)28-27(3,24(31)32)17-12-13-17)29-25(33)34-16-22-20-10-6-4-8-18(20)19-9-5-7-11-21(19)22/h4-11,17,22H,12-16H2,1-3H3,(H,28,30)(H,29,33)(H,31,32). The molecule has 2 aromatic carbocycles. The fraction of sp³-hybridized carbons (Fsp3) is 0.444. The number of carbonyl (C=O) groups excluding carboxylic acids is 2. The van der Waals surface area contributed by atoms with Gasteiger partial charge >= 0.3 is 12.1 Å². The van der Waals surface area contributed by atoms with Crippen molar-refractivity contribution in [3.8, 4) is 11.1 Å². The molecule has 2 amide bonds. The number of hydrogen-bond donors (Lipinski definition) is 3. The summed E-state index contributed by atoms with van der Waals surface area (Å²) < 4.78 is 5.61. The largest absolute Gasteiger partial charge is 0.480 e. The van der Waals surface area contributed by atoms with Crippen LogP contribution >= 0.6 is 0 Å². The van der Waals surface area contributed by atoms with Crippen LogP contribution in [0, 0.1) is 5.92 Å². The maximum Gasteiger partial charge on any atom is 0.407 e. The fourth-order valence-corrected chi connectivity index (χ4v) is 4.74. The van der Waals surface area contributed by atoms with E-state index in [2.05, 4.69) is 34.9 Å². The van der Waals surface area contributed by atoms with Gasteiger partial charge in [-0.2, -0.15) is 0 Å². The molecule has 0 bridgehead atoms. The number of aliphatic carboxylic acids is 1. The van der Waals surface area contributed by atoms with Gasteiger partial charge in [0.2, 0.25) is 5.91 Å². The molecule has 4 rings (SSSR count). The molecule has 3 N–H and O–H groups in total. The van der Waals surface area contributed by atoms with E-state index in [9.17, 15) is 19.5 Å². The molecule has 2 aromatic rings. The van der Waals surface area contributed by atoms with E-state index in [0.29, 0.717) is 6.42 Å². The lowest BCUT2D eigenvalue weighted by molar-refractivity contribution is -0.148. The lowest BCUT2D eigenvalue weighted by Gasteiger charge is -2.29. The van der Waals surface area contributed by atoms with E-state index in [1.54, 1.807) is 6.92 Å². The van der Waals surface area contributed by atoms with Crippen molar-refractivity contribution in [3.63, 3.8) is 0 Å². The van der Waals surface area contributed by atoms with Crippen LogP contribution < -0.4 is 10.6 Å². The number of benzene rings is 2. The van der Waals surface area contributed by atoms with Gasteiger partial charge in [-0.1, -0.05) is 48.5 Å². The van der Waals surface area contributed by atoms with Gasteiger partial charge in [-0.05, 0) is 68.2 Å². The molecular formula is C27H32N2O5. The Morgan fingerprint density at radius 2 is 1.50 bits per heavy atom. The third-order valence-corrected chi connectivity index (χ3v) is 7.00. The van der Waals surface area contributed by atoms with Gasteiger partial charge in [0.1, 0.15) is 12.1 Å². The van der Waals surface area contributed by atoms with Crippen LogP contribution in [0.1, 0.15) is 63.5 Å². The van der Waals surface area contributed by atoms with E-state index < -0.39 is 23.1 Å². The zero-order chi connectivity index (χ0) is 24.5. The molecule has 180 valence electrons. The number of ether oxygens (including phenoxy) is 1. The summed E-state index contributed by atoms with van der Waals surface area (Å²) in [5.41, 5.74) is 2.69. The summed E-state index contributed by atoms with van der Waals surface area (Å²) in [6, 6.07) is 16.3. The molecular weight excluding hydrogens is 432 g/mol. The second kappa shape index (κ2) is 9.12. The van der Waals surface area contributed by atoms with E-state index in [1.165, 1.54) is 0 Å². The van der Waals surface area contributed by atoms with Crippen molar-refractivity contribution in [2.75, 3.05) is 6.61 Å². The minimum atomic E-state index is -1.23. The molecule has 1 fully saturated rings. The Morgan fingerprint density at radius 3 is 2.03 bits per heavy atom. The highest BCUT2D eigenvalue weighted by atomic mass is 16.5. The Balaban J connectivity index is 1.30. The number of alkyl carbamates (subject to hydrolysis) is 1. The molecule has 0 aromatic heterocycles. The Kier molecular flexibility index (Phi) is 6.39. The zero-order valence-corrected chi connectivity index (χ0v) is 19.9. The van der Waals surface area contributed by atoms with Crippen molar-refractivity contribution >= 4 is 18.0 Å². The normalized spacial score (nSPS) is 16.7. The van der Waals surface area contributed by atoms with E-state index in [-0.39, 0.29) is 30.8 Å². The van der Waals surface area contributed by atoms with Crippen molar-refractivity contribution in [3.05, 3.63) is 59.7 Å². The Morgan fingerprint density at radius 1 is 0.941 bits per heavy atom. The Labute approximate surface area is 199 Å². The monoisotopic (exact) mass is 464 g/mol. The van der Waals surface area contributed by atoms with Crippen LogP contribution in [0.25, 0.3) is 11.1 Å². The lowest BCUT2D eigenvalue weighted by atomic mass is 9.94. The molecule has 0 saturated heterocycles. The van der Waals surface area contributed by atoms with E-state index in [1.807, 2.05) is 38.1 Å².